The van der Waals surface area contributed by atoms with Crippen molar-refractivity contribution in [1.29, 1.82) is 0 Å². The van der Waals surface area contributed by atoms with Crippen molar-refractivity contribution in [2.75, 3.05) is 29.9 Å². The van der Waals surface area contributed by atoms with Crippen LogP contribution in [0, 0.1) is 11.8 Å². The Morgan fingerprint density at radius 1 is 1.29 bits per heavy atom. The summed E-state index contributed by atoms with van der Waals surface area (Å²) >= 11 is 0. The third-order valence-corrected chi connectivity index (χ3v) is 6.03. The molecule has 34 heavy (non-hydrogen) atoms. The van der Waals surface area contributed by atoms with E-state index < -0.39 is 23.7 Å². The van der Waals surface area contributed by atoms with E-state index in [1.54, 1.807) is 50.0 Å². The van der Waals surface area contributed by atoms with E-state index in [2.05, 4.69) is 21.8 Å². The average molecular weight is 465 g/mol. The zero-order chi connectivity index (χ0) is 24.4. The van der Waals surface area contributed by atoms with Crippen LogP contribution < -0.4 is 26.8 Å². The maximum atomic E-state index is 13.6. The predicted octanol–water partition coefficient (Wildman–Crippen LogP) is -0.0945. The lowest BCUT2D eigenvalue weighted by molar-refractivity contribution is -0.119. The number of piperidine rings is 1. The molecule has 2 N–H and O–H groups in total. The molecule has 4 rings (SSSR count). The fourth-order valence-corrected chi connectivity index (χ4v) is 4.16. The molecule has 1 amide bonds. The third kappa shape index (κ3) is 4.20. The van der Waals surface area contributed by atoms with E-state index in [4.69, 9.17) is 5.73 Å². The Hall–Kier alpha value is -3.91. The molecule has 0 aromatic carbocycles. The second kappa shape index (κ2) is 9.52. The Balaban J connectivity index is 1.83. The number of rotatable bonds is 5. The van der Waals surface area contributed by atoms with Crippen molar-refractivity contribution < 1.29 is 4.79 Å². The number of nitrogens with two attached hydrogens (primary N) is 1. The maximum Gasteiger partial charge on any atom is 0.332 e. The van der Waals surface area contributed by atoms with E-state index in [0.29, 0.717) is 18.3 Å². The van der Waals surface area contributed by atoms with E-state index in [1.165, 1.54) is 9.47 Å². The highest BCUT2D eigenvalue weighted by Crippen LogP contribution is 2.22. The summed E-state index contributed by atoms with van der Waals surface area (Å²) in [7, 11) is 3.10. The summed E-state index contributed by atoms with van der Waals surface area (Å²) in [5.74, 6) is 6.37. The summed E-state index contributed by atoms with van der Waals surface area (Å²) in [6.45, 7) is 2.85. The van der Waals surface area contributed by atoms with Crippen LogP contribution >= 0.6 is 0 Å². The Labute approximate surface area is 196 Å². The van der Waals surface area contributed by atoms with Gasteiger partial charge in [-0.25, -0.2) is 14.3 Å². The first-order valence-electron chi connectivity index (χ1n) is 11.1. The number of nitrogens with zero attached hydrogens (tertiary/aromatic N) is 7. The third-order valence-electron chi connectivity index (χ3n) is 6.03. The molecule has 3 aromatic rings. The highest BCUT2D eigenvalue weighted by atomic mass is 16.2. The molecule has 0 saturated carbocycles. The Morgan fingerprint density at radius 2 is 2.09 bits per heavy atom. The van der Waals surface area contributed by atoms with Gasteiger partial charge in [-0.15, -0.1) is 5.92 Å². The van der Waals surface area contributed by atoms with Crippen LogP contribution in [0.4, 0.5) is 11.8 Å². The van der Waals surface area contributed by atoms with E-state index >= 15 is 0 Å². The molecule has 1 unspecified atom stereocenters. The zero-order valence-corrected chi connectivity index (χ0v) is 19.6. The molecule has 1 atom stereocenters. The zero-order valence-electron chi connectivity index (χ0n) is 19.6. The lowest BCUT2D eigenvalue weighted by atomic mass is 10.1. The van der Waals surface area contributed by atoms with Gasteiger partial charge in [0.1, 0.15) is 12.4 Å². The Bertz CT molecular complexity index is 1390. The minimum atomic E-state index is -0.617. The van der Waals surface area contributed by atoms with Gasteiger partial charge in [0.15, 0.2) is 11.2 Å². The van der Waals surface area contributed by atoms with Gasteiger partial charge in [0, 0.05) is 39.4 Å². The van der Waals surface area contributed by atoms with Crippen molar-refractivity contribution in [2.45, 2.75) is 38.9 Å². The van der Waals surface area contributed by atoms with Crippen LogP contribution in [0.5, 0.6) is 0 Å². The fraction of sp³-hybridized carbons (Fsp3) is 0.435. The molecule has 1 aliphatic rings. The lowest BCUT2D eigenvalue weighted by Gasteiger charge is -2.31. The molecule has 3 aromatic heterocycles. The number of hydrogen-bond donors (Lipinski definition) is 1. The number of fused-ring (bicyclic) bond motifs is 1. The monoisotopic (exact) mass is 464 g/mol. The molecule has 0 aliphatic carbocycles. The number of carbonyl (C=O) groups is 1. The topological polar surface area (TPSA) is 124 Å². The standard InChI is InChI=1S/C23H28N8O3/c1-4-5-13-30-19-20(26-22(30)29-12-8-9-16(24)14-29)28(3)23(34)31(21(19)33)15-18(32)27(2)17-10-6-7-11-25-17/h6-7,10-11,16H,8-9,12-15,24H2,1-3H3. The van der Waals surface area contributed by atoms with Crippen LogP contribution in [-0.2, 0) is 24.9 Å². The minimum Gasteiger partial charge on any atom is -0.341 e. The Morgan fingerprint density at radius 3 is 2.76 bits per heavy atom. The van der Waals surface area contributed by atoms with Crippen molar-refractivity contribution in [3.63, 3.8) is 0 Å². The highest BCUT2D eigenvalue weighted by molar-refractivity contribution is 5.91. The van der Waals surface area contributed by atoms with Crippen LogP contribution in [0.3, 0.4) is 0 Å². The summed E-state index contributed by atoms with van der Waals surface area (Å²) in [5, 5.41) is 0. The predicted molar refractivity (Wildman–Crippen MR) is 130 cm³/mol. The second-order valence-electron chi connectivity index (χ2n) is 8.32. The number of aromatic nitrogens is 5. The molecule has 11 heteroatoms. The van der Waals surface area contributed by atoms with Gasteiger partial charge in [-0.05, 0) is 31.9 Å². The molecule has 1 fully saturated rings. The van der Waals surface area contributed by atoms with E-state index in [9.17, 15) is 14.4 Å². The first kappa shape index (κ1) is 23.3. The number of aryl methyl sites for hydroxylation is 1. The molecule has 11 nitrogen and oxygen atoms in total. The van der Waals surface area contributed by atoms with Crippen LogP contribution in [0.25, 0.3) is 11.2 Å². The molecular formula is C23H28N8O3. The number of imidazole rings is 1. The van der Waals surface area contributed by atoms with Crippen molar-refractivity contribution in [3.8, 4) is 11.8 Å². The summed E-state index contributed by atoms with van der Waals surface area (Å²) in [4.78, 5) is 51.7. The number of likely N-dealkylation sites (N-methyl/N-ethyl adjacent to an activating group) is 1. The van der Waals surface area contributed by atoms with E-state index in [1.807, 2.05) is 4.90 Å². The molecule has 178 valence electrons. The molecule has 1 aliphatic heterocycles. The molecular weight excluding hydrogens is 436 g/mol. The molecule has 0 bridgehead atoms. The molecule has 0 radical (unpaired) electrons. The van der Waals surface area contributed by atoms with Crippen molar-refractivity contribution in [1.82, 2.24) is 23.7 Å². The van der Waals surface area contributed by atoms with Crippen LogP contribution in [-0.4, -0.2) is 55.8 Å². The van der Waals surface area contributed by atoms with Crippen LogP contribution in [0.15, 0.2) is 34.0 Å². The number of carbonyl (C=O) groups excluding carboxylic acids is 1. The van der Waals surface area contributed by atoms with Crippen molar-refractivity contribution >= 4 is 28.8 Å². The van der Waals surface area contributed by atoms with E-state index in [-0.39, 0.29) is 23.8 Å². The summed E-state index contributed by atoms with van der Waals surface area (Å²) in [6, 6.07) is 5.17. The van der Waals surface area contributed by atoms with Crippen LogP contribution in [0.1, 0.15) is 19.8 Å². The first-order valence-corrected chi connectivity index (χ1v) is 11.1. The quantitative estimate of drug-likeness (QED) is 0.523. The molecule has 0 spiro atoms. The van der Waals surface area contributed by atoms with Gasteiger partial charge >= 0.3 is 5.69 Å². The summed E-state index contributed by atoms with van der Waals surface area (Å²) in [6.07, 6.45) is 3.39. The summed E-state index contributed by atoms with van der Waals surface area (Å²) < 4.78 is 3.95. The number of hydrogen-bond acceptors (Lipinski definition) is 7. The van der Waals surface area contributed by atoms with Crippen molar-refractivity contribution in [3.05, 3.63) is 45.2 Å². The van der Waals surface area contributed by atoms with Gasteiger partial charge in [0.25, 0.3) is 5.56 Å². The minimum absolute atomic E-state index is 0.000460. The van der Waals surface area contributed by atoms with Gasteiger partial charge in [0.05, 0.1) is 6.54 Å². The normalized spacial score (nSPS) is 15.8. The second-order valence-corrected chi connectivity index (χ2v) is 8.32. The van der Waals surface area contributed by atoms with Gasteiger partial charge < -0.3 is 10.6 Å². The SMILES string of the molecule is CC#CCn1c(N2CCCC(N)C2)nc2c1c(=O)n(CC(=O)N(C)c1ccccn1)c(=O)n2C. The van der Waals surface area contributed by atoms with Gasteiger partial charge in [-0.2, -0.15) is 4.98 Å². The largest absolute Gasteiger partial charge is 0.341 e. The highest BCUT2D eigenvalue weighted by Gasteiger charge is 2.27. The molecule has 1 saturated heterocycles. The summed E-state index contributed by atoms with van der Waals surface area (Å²) in [5.41, 5.74) is 5.45. The van der Waals surface area contributed by atoms with Gasteiger partial charge in [-0.1, -0.05) is 12.0 Å². The fourth-order valence-electron chi connectivity index (χ4n) is 4.16. The van der Waals surface area contributed by atoms with E-state index in [0.717, 1.165) is 24.0 Å². The van der Waals surface area contributed by atoms with Gasteiger partial charge in [0.2, 0.25) is 11.9 Å². The van der Waals surface area contributed by atoms with Crippen LogP contribution in [0.2, 0.25) is 0 Å². The van der Waals surface area contributed by atoms with Crippen molar-refractivity contribution in [2.24, 2.45) is 12.8 Å². The number of anilines is 2. The number of pyridine rings is 1. The first-order chi connectivity index (χ1) is 16.3. The average Bonchev–Trinajstić information content (AvgIpc) is 3.23. The maximum absolute atomic E-state index is 13.6. The smallest absolute Gasteiger partial charge is 0.332 e. The molecule has 4 heterocycles. The Kier molecular flexibility index (Phi) is 6.51. The van der Waals surface area contributed by atoms with Gasteiger partial charge in [-0.3, -0.25) is 23.6 Å². The number of amides is 1. The lowest BCUT2D eigenvalue weighted by Crippen LogP contribution is -2.44.